The fourth-order valence-electron chi connectivity index (χ4n) is 3.06. The summed E-state index contributed by atoms with van der Waals surface area (Å²) >= 11 is 2.02. The predicted molar refractivity (Wildman–Crippen MR) is 101 cm³/mol. The van der Waals surface area contributed by atoms with E-state index in [0.717, 1.165) is 42.7 Å². The number of alkyl halides is 3. The number of thioether (sulfide) groups is 1. The van der Waals surface area contributed by atoms with Crippen LogP contribution in [0.1, 0.15) is 12.1 Å². The zero-order valence-corrected chi connectivity index (χ0v) is 16.3. The molecule has 0 saturated carbocycles. The second kappa shape index (κ2) is 8.44. The first-order valence-corrected chi connectivity index (χ1v) is 9.72. The average Bonchev–Trinajstić information content (AvgIpc) is 3.06. The lowest BCUT2D eigenvalue weighted by atomic mass is 9.93. The number of nitrogens with zero attached hydrogens (tertiary/aromatic N) is 4. The first-order chi connectivity index (χ1) is 13.7. The van der Waals surface area contributed by atoms with Gasteiger partial charge in [0.15, 0.2) is 5.82 Å². The quantitative estimate of drug-likeness (QED) is 0.798. The van der Waals surface area contributed by atoms with Gasteiger partial charge in [-0.1, -0.05) is 6.07 Å². The normalized spacial score (nSPS) is 19.9. The van der Waals surface area contributed by atoms with Crippen molar-refractivity contribution in [2.45, 2.75) is 30.4 Å². The molecule has 156 valence electrons. The van der Waals surface area contributed by atoms with Crippen LogP contribution in [0.15, 0.2) is 36.5 Å². The average molecular weight is 428 g/mol. The van der Waals surface area contributed by atoms with Crippen molar-refractivity contribution in [2.75, 3.05) is 23.7 Å². The third kappa shape index (κ3) is 5.49. The van der Waals surface area contributed by atoms with Crippen LogP contribution in [0, 0.1) is 6.92 Å². The maximum absolute atomic E-state index is 10.6. The van der Waals surface area contributed by atoms with Gasteiger partial charge in [-0.3, -0.25) is 0 Å². The van der Waals surface area contributed by atoms with E-state index < -0.39 is 12.1 Å². The van der Waals surface area contributed by atoms with Crippen molar-refractivity contribution < 1.29 is 27.8 Å². The molecule has 1 N–H and O–H groups in total. The number of hydrogen-bond donors (Lipinski definition) is 1. The van der Waals surface area contributed by atoms with E-state index in [2.05, 4.69) is 26.1 Å². The van der Waals surface area contributed by atoms with E-state index in [1.54, 1.807) is 6.20 Å². The zero-order chi connectivity index (χ0) is 21.1. The minimum absolute atomic E-state index is 0.256. The number of hydrogen-bond acceptors (Lipinski definition) is 7. The Balaban J connectivity index is 0.000000298. The molecule has 0 radical (unpaired) electrons. The molecule has 4 rings (SSSR count). The summed E-state index contributed by atoms with van der Waals surface area (Å²) in [6.45, 7) is 4.01. The highest BCUT2D eigenvalue weighted by Gasteiger charge is 2.50. The van der Waals surface area contributed by atoms with Crippen LogP contribution >= 0.6 is 11.8 Å². The molecular formula is C18H19F3N4O3S. The van der Waals surface area contributed by atoms with E-state index in [1.807, 2.05) is 43.0 Å². The van der Waals surface area contributed by atoms with Crippen molar-refractivity contribution >= 4 is 23.5 Å². The number of aromatic nitrogens is 3. The summed E-state index contributed by atoms with van der Waals surface area (Å²) in [5, 5.41) is 15.5. The van der Waals surface area contributed by atoms with Gasteiger partial charge in [0.05, 0.1) is 10.4 Å². The third-order valence-corrected chi connectivity index (χ3v) is 5.98. The first-order valence-electron chi connectivity index (χ1n) is 8.74. The molecule has 0 aromatic carbocycles. The molecule has 4 heterocycles. The van der Waals surface area contributed by atoms with Crippen LogP contribution in [0.3, 0.4) is 0 Å². The number of anilines is 1. The molecule has 0 amide bonds. The van der Waals surface area contributed by atoms with Crippen molar-refractivity contribution in [3.05, 3.63) is 42.2 Å². The minimum atomic E-state index is -5.08. The maximum Gasteiger partial charge on any atom is 0.490 e. The van der Waals surface area contributed by atoms with Gasteiger partial charge in [-0.05, 0) is 25.1 Å². The van der Waals surface area contributed by atoms with E-state index in [1.165, 1.54) is 0 Å². The largest absolute Gasteiger partial charge is 0.490 e. The Morgan fingerprint density at radius 1 is 1.28 bits per heavy atom. The predicted octanol–water partition coefficient (Wildman–Crippen LogP) is 2.96. The van der Waals surface area contributed by atoms with E-state index in [-0.39, 0.29) is 6.10 Å². The summed E-state index contributed by atoms with van der Waals surface area (Å²) in [6, 6.07) is 9.86. The SMILES string of the molecule is Cc1ccc(N2CC3(CC(Oc4ccccn4)CS3)C2)nn1.O=C(O)C(F)(F)F. The Hall–Kier alpha value is -2.56. The fourth-order valence-corrected chi connectivity index (χ4v) is 4.58. The van der Waals surface area contributed by atoms with Crippen LogP contribution in [0.4, 0.5) is 19.0 Å². The van der Waals surface area contributed by atoms with E-state index in [4.69, 9.17) is 14.6 Å². The summed E-state index contributed by atoms with van der Waals surface area (Å²) in [5.41, 5.74) is 0.957. The number of rotatable bonds is 3. The lowest BCUT2D eigenvalue weighted by molar-refractivity contribution is -0.192. The van der Waals surface area contributed by atoms with Crippen LogP contribution < -0.4 is 9.64 Å². The molecule has 11 heteroatoms. The van der Waals surface area contributed by atoms with Crippen molar-refractivity contribution in [1.82, 2.24) is 15.2 Å². The van der Waals surface area contributed by atoms with Gasteiger partial charge in [0, 0.05) is 37.5 Å². The van der Waals surface area contributed by atoms with Gasteiger partial charge in [-0.2, -0.15) is 18.3 Å². The van der Waals surface area contributed by atoms with Crippen LogP contribution in [-0.4, -0.2) is 62.1 Å². The van der Waals surface area contributed by atoms with Gasteiger partial charge in [0.1, 0.15) is 6.10 Å². The topological polar surface area (TPSA) is 88.4 Å². The number of pyridine rings is 1. The highest BCUT2D eigenvalue weighted by molar-refractivity contribution is 8.01. The Morgan fingerprint density at radius 2 is 2.00 bits per heavy atom. The number of carboxylic acid groups (broad SMARTS) is 1. The van der Waals surface area contributed by atoms with E-state index in [0.29, 0.717) is 4.75 Å². The second-order valence-corrected chi connectivity index (χ2v) is 8.29. The van der Waals surface area contributed by atoms with Gasteiger partial charge in [-0.15, -0.1) is 16.9 Å². The van der Waals surface area contributed by atoms with Crippen LogP contribution in [0.2, 0.25) is 0 Å². The van der Waals surface area contributed by atoms with Crippen molar-refractivity contribution in [3.63, 3.8) is 0 Å². The van der Waals surface area contributed by atoms with Crippen molar-refractivity contribution in [1.29, 1.82) is 0 Å². The van der Waals surface area contributed by atoms with Gasteiger partial charge >= 0.3 is 12.1 Å². The molecule has 0 bridgehead atoms. The Morgan fingerprint density at radius 3 is 2.55 bits per heavy atom. The Bertz CT molecular complexity index is 830. The lowest BCUT2D eigenvalue weighted by Gasteiger charge is -2.47. The molecule has 2 aromatic heterocycles. The van der Waals surface area contributed by atoms with Crippen LogP contribution in [0.5, 0.6) is 5.88 Å². The van der Waals surface area contributed by atoms with Crippen LogP contribution in [-0.2, 0) is 4.79 Å². The monoisotopic (exact) mass is 428 g/mol. The van der Waals surface area contributed by atoms with Gasteiger partial charge in [0.25, 0.3) is 0 Å². The van der Waals surface area contributed by atoms with Crippen molar-refractivity contribution in [2.24, 2.45) is 0 Å². The molecule has 0 aliphatic carbocycles. The summed E-state index contributed by atoms with van der Waals surface area (Å²) in [7, 11) is 0. The summed E-state index contributed by atoms with van der Waals surface area (Å²) in [6.07, 6.45) is -1.98. The third-order valence-electron chi connectivity index (χ3n) is 4.41. The van der Waals surface area contributed by atoms with Gasteiger partial charge in [-0.25, -0.2) is 9.78 Å². The molecule has 1 spiro atoms. The molecule has 2 saturated heterocycles. The first kappa shape index (κ1) is 21.2. The fraction of sp³-hybridized carbons (Fsp3) is 0.444. The summed E-state index contributed by atoms with van der Waals surface area (Å²) in [4.78, 5) is 15.4. The smallest absolute Gasteiger partial charge is 0.475 e. The molecule has 2 aliphatic rings. The molecule has 1 atom stereocenters. The van der Waals surface area contributed by atoms with E-state index in [9.17, 15) is 13.2 Å². The minimum Gasteiger partial charge on any atom is -0.475 e. The number of ether oxygens (including phenoxy) is 1. The molecule has 29 heavy (non-hydrogen) atoms. The summed E-state index contributed by atoms with van der Waals surface area (Å²) < 4.78 is 38.0. The second-order valence-electron chi connectivity index (χ2n) is 6.80. The van der Waals surface area contributed by atoms with Gasteiger partial charge in [0.2, 0.25) is 5.88 Å². The van der Waals surface area contributed by atoms with E-state index >= 15 is 0 Å². The molecule has 7 nitrogen and oxygen atoms in total. The Kier molecular flexibility index (Phi) is 6.15. The standard InChI is InChI=1S/C16H18N4OS.C2HF3O2/c1-12-5-6-14(19-18-12)20-10-16(11-20)8-13(9-22-16)21-15-4-2-3-7-17-15;3-2(4,5)1(6)7/h2-7,13H,8-11H2,1H3;(H,6,7). The highest BCUT2D eigenvalue weighted by Crippen LogP contribution is 2.46. The molecule has 2 aromatic rings. The number of carbonyl (C=O) groups is 1. The highest BCUT2D eigenvalue weighted by atomic mass is 32.2. The zero-order valence-electron chi connectivity index (χ0n) is 15.5. The lowest BCUT2D eigenvalue weighted by Crippen LogP contribution is -2.59. The number of halogens is 3. The van der Waals surface area contributed by atoms with Gasteiger partial charge < -0.3 is 14.7 Å². The summed E-state index contributed by atoms with van der Waals surface area (Å²) in [5.74, 6) is -0.0200. The number of aryl methyl sites for hydroxylation is 1. The molecule has 1 unspecified atom stereocenters. The maximum atomic E-state index is 10.6. The van der Waals surface area contributed by atoms with Crippen molar-refractivity contribution in [3.8, 4) is 5.88 Å². The number of aliphatic carboxylic acids is 1. The Labute approximate surface area is 169 Å². The molecule has 2 aliphatic heterocycles. The molecule has 2 fully saturated rings. The van der Waals surface area contributed by atoms with Crippen LogP contribution in [0.25, 0.3) is 0 Å². The molecular weight excluding hydrogens is 409 g/mol. The number of carboxylic acids is 1.